The second kappa shape index (κ2) is 5.06. The maximum absolute atomic E-state index is 12.4. The van der Waals surface area contributed by atoms with Crippen LogP contribution in [0, 0.1) is 0 Å². The Morgan fingerprint density at radius 2 is 2.00 bits per heavy atom. The lowest BCUT2D eigenvalue weighted by atomic mass is 10.5. The van der Waals surface area contributed by atoms with E-state index in [9.17, 15) is 16.8 Å². The molecular weight excluding hydrogens is 290 g/mol. The SMILES string of the molecule is Nc1ncccc1S(=O)(=O)N1CCCS(=O)(=O)CC1. The van der Waals surface area contributed by atoms with Gasteiger partial charge >= 0.3 is 0 Å². The molecule has 0 aliphatic carbocycles. The highest BCUT2D eigenvalue weighted by molar-refractivity contribution is 7.91. The largest absolute Gasteiger partial charge is 0.383 e. The number of anilines is 1. The van der Waals surface area contributed by atoms with Gasteiger partial charge in [0.2, 0.25) is 10.0 Å². The van der Waals surface area contributed by atoms with Crippen LogP contribution >= 0.6 is 0 Å². The lowest BCUT2D eigenvalue weighted by Gasteiger charge is -2.19. The molecule has 0 unspecified atom stereocenters. The molecule has 9 heteroatoms. The Hall–Kier alpha value is -1.19. The Morgan fingerprint density at radius 1 is 1.26 bits per heavy atom. The summed E-state index contributed by atoms with van der Waals surface area (Å²) in [7, 11) is -6.94. The van der Waals surface area contributed by atoms with Crippen LogP contribution in [-0.4, -0.2) is 50.7 Å². The number of aromatic nitrogens is 1. The van der Waals surface area contributed by atoms with Gasteiger partial charge in [-0.25, -0.2) is 21.8 Å². The highest BCUT2D eigenvalue weighted by Gasteiger charge is 2.30. The quantitative estimate of drug-likeness (QED) is 0.786. The van der Waals surface area contributed by atoms with Gasteiger partial charge < -0.3 is 5.73 Å². The zero-order valence-electron chi connectivity index (χ0n) is 10.2. The molecular formula is C10H15N3O4S2. The van der Waals surface area contributed by atoms with Gasteiger partial charge in [-0.2, -0.15) is 4.31 Å². The van der Waals surface area contributed by atoms with Crippen molar-refractivity contribution >= 4 is 25.7 Å². The smallest absolute Gasteiger partial charge is 0.246 e. The molecule has 1 aliphatic heterocycles. The van der Waals surface area contributed by atoms with Gasteiger partial charge in [0.25, 0.3) is 0 Å². The average molecular weight is 305 g/mol. The summed E-state index contributed by atoms with van der Waals surface area (Å²) in [4.78, 5) is 3.67. The van der Waals surface area contributed by atoms with E-state index in [0.717, 1.165) is 4.31 Å². The third kappa shape index (κ3) is 3.04. The highest BCUT2D eigenvalue weighted by atomic mass is 32.2. The summed E-state index contributed by atoms with van der Waals surface area (Å²) in [5.41, 5.74) is 5.57. The summed E-state index contributed by atoms with van der Waals surface area (Å²) in [6.45, 7) is 0.134. The first-order valence-corrected chi connectivity index (χ1v) is 9.00. The number of rotatable bonds is 2. The first-order chi connectivity index (χ1) is 8.83. The lowest BCUT2D eigenvalue weighted by Crippen LogP contribution is -2.34. The number of hydrogen-bond donors (Lipinski definition) is 1. The van der Waals surface area contributed by atoms with Gasteiger partial charge in [0.15, 0.2) is 9.84 Å². The van der Waals surface area contributed by atoms with Crippen LogP contribution in [0.5, 0.6) is 0 Å². The lowest BCUT2D eigenvalue weighted by molar-refractivity contribution is 0.435. The van der Waals surface area contributed by atoms with E-state index in [-0.39, 0.29) is 35.3 Å². The van der Waals surface area contributed by atoms with Crippen molar-refractivity contribution in [2.45, 2.75) is 11.3 Å². The first kappa shape index (κ1) is 14.2. The minimum atomic E-state index is -3.78. The normalized spacial score (nSPS) is 20.8. The van der Waals surface area contributed by atoms with Crippen LogP contribution in [-0.2, 0) is 19.9 Å². The van der Waals surface area contributed by atoms with Crippen LogP contribution in [0.2, 0.25) is 0 Å². The molecule has 0 aromatic carbocycles. The Bertz CT molecular complexity index is 670. The van der Waals surface area contributed by atoms with Gasteiger partial charge in [-0.1, -0.05) is 0 Å². The van der Waals surface area contributed by atoms with E-state index in [0.29, 0.717) is 6.42 Å². The van der Waals surface area contributed by atoms with Crippen molar-refractivity contribution in [3.8, 4) is 0 Å². The predicted octanol–water partition coefficient (Wildman–Crippen LogP) is -0.527. The number of nitrogens with zero attached hydrogens (tertiary/aromatic N) is 2. The molecule has 0 spiro atoms. The summed E-state index contributed by atoms with van der Waals surface area (Å²) < 4.78 is 48.9. The molecule has 2 heterocycles. The second-order valence-electron chi connectivity index (χ2n) is 4.30. The topological polar surface area (TPSA) is 110 Å². The van der Waals surface area contributed by atoms with Crippen molar-refractivity contribution in [1.29, 1.82) is 0 Å². The predicted molar refractivity (Wildman–Crippen MR) is 70.7 cm³/mol. The third-order valence-electron chi connectivity index (χ3n) is 2.93. The molecule has 0 saturated carbocycles. The van der Waals surface area contributed by atoms with Crippen LogP contribution in [0.3, 0.4) is 0 Å². The zero-order valence-corrected chi connectivity index (χ0v) is 11.8. The van der Waals surface area contributed by atoms with Crippen molar-refractivity contribution in [2.75, 3.05) is 30.3 Å². The summed E-state index contributed by atoms with van der Waals surface area (Å²) in [5.74, 6) is -0.219. The summed E-state index contributed by atoms with van der Waals surface area (Å²) in [6, 6.07) is 2.86. The van der Waals surface area contributed by atoms with Crippen molar-refractivity contribution in [3.05, 3.63) is 18.3 Å². The number of hydrogen-bond acceptors (Lipinski definition) is 6. The number of pyridine rings is 1. The average Bonchev–Trinajstić information content (AvgIpc) is 2.51. The second-order valence-corrected chi connectivity index (χ2v) is 8.51. The van der Waals surface area contributed by atoms with Crippen molar-refractivity contribution in [3.63, 3.8) is 0 Å². The van der Waals surface area contributed by atoms with Gasteiger partial charge in [0.1, 0.15) is 10.7 Å². The third-order valence-corrected chi connectivity index (χ3v) is 6.59. The highest BCUT2D eigenvalue weighted by Crippen LogP contribution is 2.21. The van der Waals surface area contributed by atoms with E-state index in [1.165, 1.54) is 18.3 Å². The summed E-state index contributed by atoms with van der Waals surface area (Å²) in [6.07, 6.45) is 1.70. The van der Waals surface area contributed by atoms with Crippen LogP contribution in [0.4, 0.5) is 5.82 Å². The molecule has 1 fully saturated rings. The van der Waals surface area contributed by atoms with E-state index < -0.39 is 19.9 Å². The van der Waals surface area contributed by atoms with Crippen LogP contribution in [0.1, 0.15) is 6.42 Å². The van der Waals surface area contributed by atoms with Crippen molar-refractivity contribution in [1.82, 2.24) is 9.29 Å². The van der Waals surface area contributed by atoms with Crippen LogP contribution < -0.4 is 5.73 Å². The molecule has 0 radical (unpaired) electrons. The van der Waals surface area contributed by atoms with Gasteiger partial charge in [0, 0.05) is 19.3 Å². The van der Waals surface area contributed by atoms with E-state index in [1.54, 1.807) is 0 Å². The molecule has 1 aromatic heterocycles. The van der Waals surface area contributed by atoms with Gasteiger partial charge in [-0.05, 0) is 18.6 Å². The standard InChI is InChI=1S/C10H15N3O4S2/c11-10-9(3-1-4-12-10)19(16,17)13-5-2-7-18(14,15)8-6-13/h1,3-4H,2,5-8H2,(H2,11,12). The molecule has 1 aliphatic rings. The van der Waals surface area contributed by atoms with E-state index in [2.05, 4.69) is 4.98 Å². The fraction of sp³-hybridized carbons (Fsp3) is 0.500. The monoisotopic (exact) mass is 305 g/mol. The molecule has 0 amide bonds. The van der Waals surface area contributed by atoms with E-state index in [4.69, 9.17) is 5.73 Å². The van der Waals surface area contributed by atoms with Gasteiger partial charge in [-0.3, -0.25) is 0 Å². The van der Waals surface area contributed by atoms with Gasteiger partial charge in [0.05, 0.1) is 11.5 Å². The molecule has 7 nitrogen and oxygen atoms in total. The molecule has 106 valence electrons. The Morgan fingerprint density at radius 3 is 2.68 bits per heavy atom. The first-order valence-electron chi connectivity index (χ1n) is 5.74. The van der Waals surface area contributed by atoms with E-state index in [1.807, 2.05) is 0 Å². The minimum absolute atomic E-state index is 0.0154. The zero-order chi connectivity index (χ0) is 14.1. The number of sulfonamides is 1. The maximum atomic E-state index is 12.4. The fourth-order valence-electron chi connectivity index (χ4n) is 1.92. The maximum Gasteiger partial charge on any atom is 0.246 e. The van der Waals surface area contributed by atoms with Gasteiger partial charge in [-0.15, -0.1) is 0 Å². The van der Waals surface area contributed by atoms with E-state index >= 15 is 0 Å². The fourth-order valence-corrected chi connectivity index (χ4v) is 4.85. The van der Waals surface area contributed by atoms with Crippen molar-refractivity contribution in [2.24, 2.45) is 0 Å². The number of sulfone groups is 1. The Labute approximate surface area is 112 Å². The Balaban J connectivity index is 2.33. The molecule has 2 rings (SSSR count). The molecule has 0 bridgehead atoms. The molecule has 1 aromatic rings. The molecule has 2 N–H and O–H groups in total. The van der Waals surface area contributed by atoms with Crippen LogP contribution in [0.25, 0.3) is 0 Å². The number of nitrogen functional groups attached to an aromatic ring is 1. The summed E-state index contributed by atoms with van der Waals surface area (Å²) in [5, 5.41) is 0. The van der Waals surface area contributed by atoms with Crippen molar-refractivity contribution < 1.29 is 16.8 Å². The molecule has 1 saturated heterocycles. The van der Waals surface area contributed by atoms with Crippen LogP contribution in [0.15, 0.2) is 23.2 Å². The number of nitrogens with two attached hydrogens (primary N) is 1. The molecule has 19 heavy (non-hydrogen) atoms. The molecule has 0 atom stereocenters. The minimum Gasteiger partial charge on any atom is -0.383 e. The summed E-state index contributed by atoms with van der Waals surface area (Å²) >= 11 is 0. The Kier molecular flexibility index (Phi) is 3.79.